The lowest BCUT2D eigenvalue weighted by molar-refractivity contribution is -0.127. The van der Waals surface area contributed by atoms with Crippen molar-refractivity contribution in [3.63, 3.8) is 0 Å². The molecule has 2 N–H and O–H groups in total. The molecule has 24 heavy (non-hydrogen) atoms. The van der Waals surface area contributed by atoms with Crippen LogP contribution in [-0.2, 0) is 4.79 Å². The number of carbonyl (C=O) groups is 1. The highest BCUT2D eigenvalue weighted by Crippen LogP contribution is 2.55. The maximum absolute atomic E-state index is 13.2. The average Bonchev–Trinajstić information content (AvgIpc) is 2.49. The number of nitrogens with one attached hydrogen (secondary N) is 2. The van der Waals surface area contributed by atoms with E-state index in [4.69, 9.17) is 11.6 Å². The molecule has 3 nitrogen and oxygen atoms in total. The van der Waals surface area contributed by atoms with Crippen LogP contribution in [0.5, 0.6) is 0 Å². The van der Waals surface area contributed by atoms with Gasteiger partial charge in [-0.05, 0) is 81.4 Å². The molecule has 5 rings (SSSR count). The van der Waals surface area contributed by atoms with Crippen molar-refractivity contribution in [1.29, 1.82) is 0 Å². The van der Waals surface area contributed by atoms with E-state index in [-0.39, 0.29) is 22.5 Å². The highest BCUT2D eigenvalue weighted by atomic mass is 35.5. The molecular formula is C19H24ClFN2O. The summed E-state index contributed by atoms with van der Waals surface area (Å²) in [4.78, 5) is 12.7. The van der Waals surface area contributed by atoms with Gasteiger partial charge in [-0.1, -0.05) is 11.6 Å². The van der Waals surface area contributed by atoms with Crippen molar-refractivity contribution in [2.45, 2.75) is 57.0 Å². The van der Waals surface area contributed by atoms with E-state index in [2.05, 4.69) is 10.6 Å². The second-order valence-corrected chi connectivity index (χ2v) is 8.59. The number of carbonyl (C=O) groups excluding carboxylic acids is 1. The number of rotatable bonds is 4. The molecule has 4 bridgehead atoms. The predicted octanol–water partition coefficient (Wildman–Crippen LogP) is 4.36. The van der Waals surface area contributed by atoms with Crippen molar-refractivity contribution in [3.05, 3.63) is 29.0 Å². The molecule has 5 heteroatoms. The molecule has 0 aromatic heterocycles. The van der Waals surface area contributed by atoms with Gasteiger partial charge >= 0.3 is 0 Å². The van der Waals surface area contributed by atoms with Crippen LogP contribution in [-0.4, -0.2) is 17.5 Å². The zero-order valence-electron chi connectivity index (χ0n) is 13.9. The zero-order chi connectivity index (χ0) is 16.9. The van der Waals surface area contributed by atoms with Crippen molar-refractivity contribution < 1.29 is 9.18 Å². The Morgan fingerprint density at radius 2 is 1.79 bits per heavy atom. The molecule has 0 saturated heterocycles. The summed E-state index contributed by atoms with van der Waals surface area (Å²) in [6.07, 6.45) is 7.49. The van der Waals surface area contributed by atoms with Crippen LogP contribution in [0, 0.1) is 23.6 Å². The van der Waals surface area contributed by atoms with Gasteiger partial charge in [-0.2, -0.15) is 0 Å². The van der Waals surface area contributed by atoms with Crippen molar-refractivity contribution >= 4 is 23.2 Å². The molecule has 1 aromatic rings. The fourth-order valence-electron chi connectivity index (χ4n) is 5.53. The Bertz CT molecular complexity index is 627. The Kier molecular flexibility index (Phi) is 3.98. The molecule has 4 aliphatic rings. The molecule has 1 atom stereocenters. The maximum atomic E-state index is 13.2. The zero-order valence-corrected chi connectivity index (χ0v) is 14.7. The lowest BCUT2D eigenvalue weighted by atomic mass is 9.53. The summed E-state index contributed by atoms with van der Waals surface area (Å²) < 4.78 is 13.2. The van der Waals surface area contributed by atoms with Gasteiger partial charge in [-0.15, -0.1) is 0 Å². The SMILES string of the molecule is C[C@H](Nc1ccc(F)c(Cl)c1)C(=O)NC12CC3CC(CC(C3)C1)C2. The third kappa shape index (κ3) is 3.01. The van der Waals surface area contributed by atoms with Crippen molar-refractivity contribution in [2.75, 3.05) is 5.32 Å². The maximum Gasteiger partial charge on any atom is 0.242 e. The molecule has 0 heterocycles. The minimum absolute atomic E-state index is 0.0161. The predicted molar refractivity (Wildman–Crippen MR) is 93.5 cm³/mol. The number of anilines is 1. The van der Waals surface area contributed by atoms with Gasteiger partial charge in [0.1, 0.15) is 11.9 Å². The van der Waals surface area contributed by atoms with Crippen molar-refractivity contribution in [1.82, 2.24) is 5.32 Å². The average molecular weight is 351 g/mol. The molecular weight excluding hydrogens is 327 g/mol. The smallest absolute Gasteiger partial charge is 0.242 e. The molecule has 0 radical (unpaired) electrons. The molecule has 4 saturated carbocycles. The Hall–Kier alpha value is -1.29. The van der Waals surface area contributed by atoms with E-state index in [9.17, 15) is 9.18 Å². The van der Waals surface area contributed by atoms with E-state index in [1.807, 2.05) is 6.92 Å². The minimum Gasteiger partial charge on any atom is -0.374 e. The lowest BCUT2D eigenvalue weighted by Gasteiger charge is -2.57. The van der Waals surface area contributed by atoms with E-state index < -0.39 is 5.82 Å². The normalized spacial score (nSPS) is 34.9. The Morgan fingerprint density at radius 3 is 2.33 bits per heavy atom. The quantitative estimate of drug-likeness (QED) is 0.846. The molecule has 0 aliphatic heterocycles. The van der Waals surface area contributed by atoms with E-state index in [1.54, 1.807) is 6.07 Å². The van der Waals surface area contributed by atoms with Crippen LogP contribution in [0.3, 0.4) is 0 Å². The largest absolute Gasteiger partial charge is 0.374 e. The first-order valence-corrected chi connectivity index (χ1v) is 9.34. The topological polar surface area (TPSA) is 41.1 Å². The number of amides is 1. The van der Waals surface area contributed by atoms with Crippen LogP contribution in [0.1, 0.15) is 45.4 Å². The standard InChI is InChI=1S/C19H24ClFN2O/c1-11(22-15-2-3-17(21)16(20)7-15)18(24)23-19-8-12-4-13(9-19)6-14(5-12)10-19/h2-3,7,11-14,22H,4-6,8-10H2,1H3,(H,23,24)/t11-,12?,13?,14?,19?/m0/s1. The van der Waals surface area contributed by atoms with Gasteiger partial charge in [0.05, 0.1) is 5.02 Å². The molecule has 1 amide bonds. The summed E-state index contributed by atoms with van der Waals surface area (Å²) in [6.45, 7) is 1.84. The van der Waals surface area contributed by atoms with Gasteiger partial charge < -0.3 is 10.6 Å². The first-order valence-electron chi connectivity index (χ1n) is 8.96. The first kappa shape index (κ1) is 16.2. The summed E-state index contributed by atoms with van der Waals surface area (Å²) in [5.41, 5.74) is 0.678. The van der Waals surface area contributed by atoms with Gasteiger partial charge in [-0.25, -0.2) is 4.39 Å². The molecule has 4 fully saturated rings. The number of hydrogen-bond acceptors (Lipinski definition) is 2. The fourth-order valence-corrected chi connectivity index (χ4v) is 5.72. The molecule has 4 aliphatic carbocycles. The number of benzene rings is 1. The Balaban J connectivity index is 1.41. The van der Waals surface area contributed by atoms with E-state index in [0.29, 0.717) is 5.69 Å². The molecule has 0 spiro atoms. The summed E-state index contributed by atoms with van der Waals surface area (Å²) >= 11 is 5.81. The molecule has 1 aromatic carbocycles. The molecule has 0 unspecified atom stereocenters. The van der Waals surface area contributed by atoms with Crippen LogP contribution in [0.15, 0.2) is 18.2 Å². The summed E-state index contributed by atoms with van der Waals surface area (Å²) in [5, 5.41) is 6.55. The van der Waals surface area contributed by atoms with E-state index in [0.717, 1.165) is 37.0 Å². The fraction of sp³-hybridized carbons (Fsp3) is 0.632. The second-order valence-electron chi connectivity index (χ2n) is 8.18. The monoisotopic (exact) mass is 350 g/mol. The van der Waals surface area contributed by atoms with Gasteiger partial charge in [0.25, 0.3) is 0 Å². The third-order valence-electron chi connectivity index (χ3n) is 6.12. The van der Waals surface area contributed by atoms with Crippen LogP contribution >= 0.6 is 11.6 Å². The lowest BCUT2D eigenvalue weighted by Crippen LogP contribution is -2.61. The Labute approximate surface area is 147 Å². The highest BCUT2D eigenvalue weighted by Gasteiger charge is 2.51. The van der Waals surface area contributed by atoms with Gasteiger partial charge in [-0.3, -0.25) is 4.79 Å². The molecule has 130 valence electrons. The van der Waals surface area contributed by atoms with Crippen LogP contribution in [0.25, 0.3) is 0 Å². The Morgan fingerprint density at radius 1 is 1.21 bits per heavy atom. The van der Waals surface area contributed by atoms with Gasteiger partial charge in [0.2, 0.25) is 5.91 Å². The summed E-state index contributed by atoms with van der Waals surface area (Å²) in [6, 6.07) is 4.06. The van der Waals surface area contributed by atoms with E-state index >= 15 is 0 Å². The van der Waals surface area contributed by atoms with Gasteiger partial charge in [0.15, 0.2) is 0 Å². The van der Waals surface area contributed by atoms with Crippen molar-refractivity contribution in [3.8, 4) is 0 Å². The second kappa shape index (κ2) is 5.91. The third-order valence-corrected chi connectivity index (χ3v) is 6.41. The summed E-state index contributed by atoms with van der Waals surface area (Å²) in [7, 11) is 0. The van der Waals surface area contributed by atoms with Crippen molar-refractivity contribution in [2.24, 2.45) is 17.8 Å². The van der Waals surface area contributed by atoms with Crippen LogP contribution in [0.4, 0.5) is 10.1 Å². The number of halogens is 2. The number of hydrogen-bond donors (Lipinski definition) is 2. The highest BCUT2D eigenvalue weighted by molar-refractivity contribution is 6.31. The van der Waals surface area contributed by atoms with Crippen LogP contribution in [0.2, 0.25) is 5.02 Å². The minimum atomic E-state index is -0.451. The van der Waals surface area contributed by atoms with Crippen LogP contribution < -0.4 is 10.6 Å². The summed E-state index contributed by atoms with van der Waals surface area (Å²) in [5.74, 6) is 1.98. The van der Waals surface area contributed by atoms with E-state index in [1.165, 1.54) is 31.4 Å². The first-order chi connectivity index (χ1) is 11.4. The van der Waals surface area contributed by atoms with Gasteiger partial charge in [0, 0.05) is 11.2 Å².